The van der Waals surface area contributed by atoms with Crippen molar-refractivity contribution in [2.24, 2.45) is 0 Å². The van der Waals surface area contributed by atoms with Gasteiger partial charge in [-0.05, 0) is 72.0 Å². The summed E-state index contributed by atoms with van der Waals surface area (Å²) >= 11 is 8.02. The summed E-state index contributed by atoms with van der Waals surface area (Å²) in [5.41, 5.74) is -0.473. The number of hydrogen-bond donors (Lipinski definition) is 3. The Hall–Kier alpha value is -2.63. The highest BCUT2D eigenvalue weighted by Crippen LogP contribution is 2.41. The second kappa shape index (κ2) is 11.0. The second-order valence-corrected chi connectivity index (χ2v) is 10.7. The Morgan fingerprint density at radius 1 is 1.07 bits per heavy atom. The largest absolute Gasteiger partial charge is 0.418 e. The van der Waals surface area contributed by atoms with Gasteiger partial charge in [0.25, 0.3) is 0 Å². The molecule has 4 aromatic rings. The van der Waals surface area contributed by atoms with E-state index in [1.807, 2.05) is 22.6 Å². The first kappa shape index (κ1) is 28.9. The summed E-state index contributed by atoms with van der Waals surface area (Å²) in [5.74, 6) is -0.557. The third-order valence-corrected chi connectivity index (χ3v) is 7.51. The summed E-state index contributed by atoms with van der Waals surface area (Å²) in [6.45, 7) is 0.774. The number of aryl methyl sites for hydroxylation is 1. The van der Waals surface area contributed by atoms with Crippen molar-refractivity contribution >= 4 is 34.2 Å². The molecule has 0 spiro atoms. The topological polar surface area (TPSA) is 118 Å². The van der Waals surface area contributed by atoms with Gasteiger partial charge in [-0.1, -0.05) is 11.6 Å². The zero-order valence-corrected chi connectivity index (χ0v) is 23.4. The number of halogens is 6. The van der Waals surface area contributed by atoms with Crippen molar-refractivity contribution < 1.29 is 37.6 Å². The molecule has 5 atom stereocenters. The van der Waals surface area contributed by atoms with Crippen LogP contribution in [0, 0.1) is 16.3 Å². The highest BCUT2D eigenvalue weighted by atomic mass is 127. The number of rotatable bonds is 5. The van der Waals surface area contributed by atoms with Crippen LogP contribution < -0.4 is 0 Å². The van der Waals surface area contributed by atoms with Crippen molar-refractivity contribution in [2.75, 3.05) is 6.61 Å². The highest BCUT2D eigenvalue weighted by Gasteiger charge is 2.49. The van der Waals surface area contributed by atoms with Gasteiger partial charge in [0, 0.05) is 16.8 Å². The third-order valence-electron chi connectivity index (χ3n) is 6.49. The summed E-state index contributed by atoms with van der Waals surface area (Å²) in [4.78, 5) is 4.24. The molecule has 1 aliphatic heterocycles. The molecular weight excluding hydrogens is 673 g/mol. The molecule has 0 aliphatic carbocycles. The maximum atomic E-state index is 13.9. The fraction of sp³-hybridized carbons (Fsp3) is 0.320. The van der Waals surface area contributed by atoms with E-state index in [0.29, 0.717) is 14.8 Å². The van der Waals surface area contributed by atoms with Crippen LogP contribution in [0.25, 0.3) is 16.9 Å². The zero-order valence-electron chi connectivity index (χ0n) is 20.5. The van der Waals surface area contributed by atoms with Crippen LogP contribution >= 0.6 is 34.2 Å². The first-order valence-corrected chi connectivity index (χ1v) is 13.3. The van der Waals surface area contributed by atoms with Crippen molar-refractivity contribution in [3.05, 3.63) is 80.3 Å². The van der Waals surface area contributed by atoms with Gasteiger partial charge in [-0.2, -0.15) is 23.4 Å². The van der Waals surface area contributed by atoms with E-state index in [2.05, 4.69) is 15.2 Å². The predicted octanol–water partition coefficient (Wildman–Crippen LogP) is 4.25. The van der Waals surface area contributed by atoms with Crippen LogP contribution in [0.2, 0.25) is 5.02 Å². The lowest BCUT2D eigenvalue weighted by atomic mass is 9.92. The molecular formula is C25H21ClF4IN5O4. The van der Waals surface area contributed by atoms with Crippen molar-refractivity contribution in [1.29, 1.82) is 0 Å². The minimum absolute atomic E-state index is 0.00758. The summed E-state index contributed by atoms with van der Waals surface area (Å²) in [6.07, 6.45) is -9.00. The van der Waals surface area contributed by atoms with Crippen LogP contribution in [-0.2, 0) is 10.9 Å². The Morgan fingerprint density at radius 2 is 1.77 bits per heavy atom. The molecule has 0 bridgehead atoms. The number of aliphatic hydroxyl groups is 3. The number of alkyl halides is 3. The lowest BCUT2D eigenvalue weighted by Crippen LogP contribution is -2.53. The molecule has 2 aromatic carbocycles. The maximum absolute atomic E-state index is 13.9. The van der Waals surface area contributed by atoms with E-state index < -0.39 is 60.3 Å². The van der Waals surface area contributed by atoms with E-state index in [0.717, 1.165) is 22.9 Å². The van der Waals surface area contributed by atoms with Gasteiger partial charge < -0.3 is 20.1 Å². The molecule has 0 unspecified atom stereocenters. The molecule has 2 aromatic heterocycles. The molecule has 9 nitrogen and oxygen atoms in total. The Morgan fingerprint density at radius 3 is 2.42 bits per heavy atom. The minimum Gasteiger partial charge on any atom is -0.394 e. The molecule has 15 heteroatoms. The number of aromatic nitrogens is 5. The van der Waals surface area contributed by atoms with E-state index in [4.69, 9.17) is 16.3 Å². The molecule has 0 amide bonds. The normalized spacial score (nSPS) is 23.5. The Balaban J connectivity index is 1.60. The van der Waals surface area contributed by atoms with Gasteiger partial charge in [0.1, 0.15) is 47.8 Å². The Bertz CT molecular complexity index is 1530. The summed E-state index contributed by atoms with van der Waals surface area (Å²) in [5, 5.41) is 41.1. The maximum Gasteiger partial charge on any atom is 0.418 e. The van der Waals surface area contributed by atoms with Crippen LogP contribution in [0.15, 0.2) is 48.7 Å². The first-order chi connectivity index (χ1) is 18.9. The number of benzene rings is 2. The molecule has 212 valence electrons. The lowest BCUT2D eigenvalue weighted by molar-refractivity contribution is -0.210. The van der Waals surface area contributed by atoms with Gasteiger partial charge in [0.2, 0.25) is 0 Å². The predicted molar refractivity (Wildman–Crippen MR) is 142 cm³/mol. The SMILES string of the molecule is Cc1nc([C@@H]2O[C@H](CO)[C@H](O)[C@H](n3cc(I)c(-c4ccc(F)cc4)n3)[C@H]2O)n(-c2cc(Cl)ccc2C(F)(F)F)n1. The Kier molecular flexibility index (Phi) is 7.93. The van der Waals surface area contributed by atoms with Gasteiger partial charge in [0.15, 0.2) is 5.82 Å². The van der Waals surface area contributed by atoms with Gasteiger partial charge >= 0.3 is 6.18 Å². The standard InChI is InChI=1S/C25H21ClF4IN5O4/c1-11-32-24(36(33-11)17-8-13(26)4-7-15(17)25(28,29)30)23-22(39)20(21(38)18(10-37)40-23)35-9-16(31)19(34-35)12-2-5-14(27)6-3-12/h2-9,18,20-23,37-39H,10H2,1H3/t18-,20+,21+,22-,23-/m1/s1. The van der Waals surface area contributed by atoms with E-state index in [9.17, 15) is 32.9 Å². The summed E-state index contributed by atoms with van der Waals surface area (Å²) < 4.78 is 63.7. The quantitative estimate of drug-likeness (QED) is 0.211. The zero-order chi connectivity index (χ0) is 28.9. The van der Waals surface area contributed by atoms with Crippen LogP contribution in [0.3, 0.4) is 0 Å². The van der Waals surface area contributed by atoms with Gasteiger partial charge in [-0.25, -0.2) is 14.1 Å². The second-order valence-electron chi connectivity index (χ2n) is 9.15. The van der Waals surface area contributed by atoms with Crippen LogP contribution in [0.5, 0.6) is 0 Å². The molecule has 3 heterocycles. The molecule has 0 saturated carbocycles. The Labute approximate surface area is 243 Å². The van der Waals surface area contributed by atoms with E-state index in [1.165, 1.54) is 35.9 Å². The van der Waals surface area contributed by atoms with Crippen molar-refractivity contribution in [3.63, 3.8) is 0 Å². The van der Waals surface area contributed by atoms with Crippen molar-refractivity contribution in [1.82, 2.24) is 24.5 Å². The van der Waals surface area contributed by atoms with E-state index in [-0.39, 0.29) is 16.7 Å². The fourth-order valence-electron chi connectivity index (χ4n) is 4.67. The summed E-state index contributed by atoms with van der Waals surface area (Å²) in [7, 11) is 0. The smallest absolute Gasteiger partial charge is 0.394 e. The van der Waals surface area contributed by atoms with Gasteiger partial charge in [-0.15, -0.1) is 0 Å². The monoisotopic (exact) mass is 693 g/mol. The van der Waals surface area contributed by atoms with Crippen LogP contribution in [0.4, 0.5) is 17.6 Å². The van der Waals surface area contributed by atoms with Crippen LogP contribution in [0.1, 0.15) is 29.4 Å². The molecule has 40 heavy (non-hydrogen) atoms. The fourth-order valence-corrected chi connectivity index (χ4v) is 5.54. The average molecular weight is 694 g/mol. The van der Waals surface area contributed by atoms with Crippen LogP contribution in [-0.4, -0.2) is 64.8 Å². The molecule has 1 aliphatic rings. The van der Waals surface area contributed by atoms with Gasteiger partial charge in [0.05, 0.1) is 21.4 Å². The van der Waals surface area contributed by atoms with Crippen molar-refractivity contribution in [3.8, 4) is 16.9 Å². The first-order valence-electron chi connectivity index (χ1n) is 11.8. The molecule has 1 fully saturated rings. The minimum atomic E-state index is -4.77. The van der Waals surface area contributed by atoms with E-state index >= 15 is 0 Å². The summed E-state index contributed by atoms with van der Waals surface area (Å²) in [6, 6.07) is 7.33. The number of aliphatic hydroxyl groups excluding tert-OH is 3. The molecule has 0 radical (unpaired) electrons. The number of hydrogen-bond acceptors (Lipinski definition) is 7. The average Bonchev–Trinajstić information content (AvgIpc) is 3.46. The molecule has 3 N–H and O–H groups in total. The number of nitrogens with zero attached hydrogens (tertiary/aromatic N) is 5. The van der Waals surface area contributed by atoms with E-state index in [1.54, 1.807) is 6.20 Å². The molecule has 1 saturated heterocycles. The van der Waals surface area contributed by atoms with Crippen molar-refractivity contribution in [2.45, 2.75) is 43.6 Å². The molecule has 5 rings (SSSR count). The lowest BCUT2D eigenvalue weighted by Gasteiger charge is -2.42. The van der Waals surface area contributed by atoms with Gasteiger partial charge in [-0.3, -0.25) is 4.68 Å². The highest BCUT2D eigenvalue weighted by molar-refractivity contribution is 14.1. The number of ether oxygens (including phenoxy) is 1. The third kappa shape index (κ3) is 5.35.